The summed E-state index contributed by atoms with van der Waals surface area (Å²) in [6.45, 7) is 0. The minimum Gasteiger partial charge on any atom is -0.507 e. The van der Waals surface area contributed by atoms with Crippen molar-refractivity contribution >= 4 is 23.2 Å². The Balaban J connectivity index is 2.28. The third-order valence-electron chi connectivity index (χ3n) is 2.73. The van der Waals surface area contributed by atoms with Crippen molar-refractivity contribution in [3.63, 3.8) is 0 Å². The van der Waals surface area contributed by atoms with Crippen LogP contribution in [0.5, 0.6) is 5.75 Å². The fraction of sp³-hybridized carbons (Fsp3) is 0.0714. The molecule has 2 aromatic rings. The van der Waals surface area contributed by atoms with Crippen LogP contribution in [-0.4, -0.2) is 11.0 Å². The topological polar surface area (TPSA) is 49.3 Å². The molecule has 0 saturated carbocycles. The van der Waals surface area contributed by atoms with Crippen molar-refractivity contribution in [1.29, 1.82) is 0 Å². The number of phenols is 1. The lowest BCUT2D eigenvalue weighted by molar-refractivity contribution is -0.137. The minimum absolute atomic E-state index is 0.125. The first-order valence-electron chi connectivity index (χ1n) is 5.85. The van der Waals surface area contributed by atoms with Gasteiger partial charge in [-0.15, -0.1) is 0 Å². The summed E-state index contributed by atoms with van der Waals surface area (Å²) in [4.78, 5) is 11.9. The van der Waals surface area contributed by atoms with Crippen LogP contribution in [0.25, 0.3) is 0 Å². The number of aromatic hydroxyl groups is 1. The Kier molecular flexibility index (Phi) is 4.27. The molecule has 0 fully saturated rings. The number of nitrogens with one attached hydrogen (secondary N) is 1. The Bertz CT molecular complexity index is 731. The van der Waals surface area contributed by atoms with Crippen molar-refractivity contribution in [2.24, 2.45) is 0 Å². The maximum absolute atomic E-state index is 13.1. The second-order valence-electron chi connectivity index (χ2n) is 4.32. The normalized spacial score (nSPS) is 11.3. The molecule has 0 unspecified atom stereocenters. The van der Waals surface area contributed by atoms with Gasteiger partial charge in [-0.3, -0.25) is 4.79 Å². The Morgan fingerprint density at radius 2 is 1.86 bits per heavy atom. The summed E-state index contributed by atoms with van der Waals surface area (Å²) < 4.78 is 50.8. The van der Waals surface area contributed by atoms with E-state index in [0.29, 0.717) is 6.07 Å². The number of amides is 1. The van der Waals surface area contributed by atoms with E-state index < -0.39 is 34.2 Å². The molecule has 2 rings (SSSR count). The number of hydrogen-bond donors (Lipinski definition) is 2. The fourth-order valence-electron chi connectivity index (χ4n) is 1.69. The molecule has 22 heavy (non-hydrogen) atoms. The molecule has 8 heteroatoms. The predicted molar refractivity (Wildman–Crippen MR) is 72.5 cm³/mol. The van der Waals surface area contributed by atoms with E-state index in [9.17, 15) is 27.5 Å². The minimum atomic E-state index is -4.55. The molecular formula is C14H8ClF4NO2. The first-order valence-corrected chi connectivity index (χ1v) is 6.23. The molecule has 0 spiro atoms. The van der Waals surface area contributed by atoms with E-state index in [2.05, 4.69) is 5.32 Å². The van der Waals surface area contributed by atoms with Crippen LogP contribution in [-0.2, 0) is 6.18 Å². The van der Waals surface area contributed by atoms with Crippen LogP contribution in [0.3, 0.4) is 0 Å². The summed E-state index contributed by atoms with van der Waals surface area (Å²) in [6, 6.07) is 5.48. The molecule has 3 nitrogen and oxygen atoms in total. The number of phenolic OH excluding ortho intramolecular Hbond substituents is 1. The monoisotopic (exact) mass is 333 g/mol. The zero-order valence-corrected chi connectivity index (χ0v) is 11.5. The van der Waals surface area contributed by atoms with E-state index in [4.69, 9.17) is 11.6 Å². The Labute approximate surface area is 127 Å². The van der Waals surface area contributed by atoms with Gasteiger partial charge < -0.3 is 10.4 Å². The van der Waals surface area contributed by atoms with Crippen molar-refractivity contribution in [3.05, 3.63) is 58.4 Å². The SMILES string of the molecule is O=C(Nc1cccc(C(F)(F)F)c1)c1cc(Cl)c(F)cc1O. The van der Waals surface area contributed by atoms with Crippen LogP contribution in [0.1, 0.15) is 15.9 Å². The number of carbonyl (C=O) groups excluding carboxylic acids is 1. The number of benzene rings is 2. The molecule has 0 atom stereocenters. The van der Waals surface area contributed by atoms with Gasteiger partial charge >= 0.3 is 6.18 Å². The molecule has 0 saturated heterocycles. The highest BCUT2D eigenvalue weighted by atomic mass is 35.5. The van der Waals surface area contributed by atoms with Gasteiger partial charge in [-0.05, 0) is 24.3 Å². The van der Waals surface area contributed by atoms with E-state index in [1.807, 2.05) is 0 Å². The molecule has 0 aliphatic carbocycles. The summed E-state index contributed by atoms with van der Waals surface area (Å²) in [5, 5.41) is 11.3. The average Bonchev–Trinajstić information content (AvgIpc) is 2.42. The number of anilines is 1. The second-order valence-corrected chi connectivity index (χ2v) is 4.72. The lowest BCUT2D eigenvalue weighted by Crippen LogP contribution is -2.13. The Morgan fingerprint density at radius 1 is 1.18 bits per heavy atom. The first-order chi connectivity index (χ1) is 10.2. The smallest absolute Gasteiger partial charge is 0.416 e. The number of hydrogen-bond acceptors (Lipinski definition) is 2. The molecule has 0 bridgehead atoms. The van der Waals surface area contributed by atoms with Crippen molar-refractivity contribution in [1.82, 2.24) is 0 Å². The highest BCUT2D eigenvalue weighted by Crippen LogP contribution is 2.31. The first kappa shape index (κ1) is 16.1. The van der Waals surface area contributed by atoms with Gasteiger partial charge in [-0.25, -0.2) is 4.39 Å². The number of rotatable bonds is 2. The van der Waals surface area contributed by atoms with Gasteiger partial charge in [0.05, 0.1) is 16.1 Å². The molecule has 0 radical (unpaired) electrons. The summed E-state index contributed by atoms with van der Waals surface area (Å²) in [7, 11) is 0. The zero-order valence-electron chi connectivity index (χ0n) is 10.7. The highest BCUT2D eigenvalue weighted by Gasteiger charge is 2.30. The van der Waals surface area contributed by atoms with Crippen LogP contribution in [0.4, 0.5) is 23.2 Å². The predicted octanol–water partition coefficient (Wildman–Crippen LogP) is 4.46. The van der Waals surface area contributed by atoms with E-state index in [1.165, 1.54) is 6.07 Å². The van der Waals surface area contributed by atoms with E-state index in [1.54, 1.807) is 0 Å². The van der Waals surface area contributed by atoms with Crippen molar-refractivity contribution in [2.45, 2.75) is 6.18 Å². The molecular weight excluding hydrogens is 326 g/mol. The van der Waals surface area contributed by atoms with Crippen LogP contribution < -0.4 is 5.32 Å². The second kappa shape index (κ2) is 5.84. The molecule has 0 heterocycles. The van der Waals surface area contributed by atoms with E-state index in [0.717, 1.165) is 24.3 Å². The summed E-state index contributed by atoms with van der Waals surface area (Å²) in [5.41, 5.74) is -1.42. The molecule has 2 N–H and O–H groups in total. The van der Waals surface area contributed by atoms with Crippen LogP contribution in [0.15, 0.2) is 36.4 Å². The van der Waals surface area contributed by atoms with Gasteiger partial charge in [0.25, 0.3) is 5.91 Å². The van der Waals surface area contributed by atoms with Gasteiger partial charge in [0.15, 0.2) is 0 Å². The van der Waals surface area contributed by atoms with Crippen molar-refractivity contribution in [3.8, 4) is 5.75 Å². The van der Waals surface area contributed by atoms with Crippen LogP contribution >= 0.6 is 11.6 Å². The standard InChI is InChI=1S/C14H8ClF4NO2/c15-10-5-9(12(21)6-11(10)16)13(22)20-8-3-1-2-7(4-8)14(17,18)19/h1-6,21H,(H,20,22). The number of alkyl halides is 3. The Hall–Kier alpha value is -2.28. The third kappa shape index (κ3) is 3.48. The lowest BCUT2D eigenvalue weighted by Gasteiger charge is -2.11. The van der Waals surface area contributed by atoms with E-state index >= 15 is 0 Å². The summed E-state index contributed by atoms with van der Waals surface area (Å²) in [6.07, 6.45) is -4.55. The maximum Gasteiger partial charge on any atom is 0.416 e. The van der Waals surface area contributed by atoms with Gasteiger partial charge in [0.1, 0.15) is 11.6 Å². The number of halogens is 5. The fourth-order valence-corrected chi connectivity index (χ4v) is 1.85. The van der Waals surface area contributed by atoms with Gasteiger partial charge in [-0.2, -0.15) is 13.2 Å². The molecule has 0 aliphatic heterocycles. The van der Waals surface area contributed by atoms with Gasteiger partial charge in [-0.1, -0.05) is 17.7 Å². The lowest BCUT2D eigenvalue weighted by atomic mass is 10.1. The molecule has 1 amide bonds. The largest absolute Gasteiger partial charge is 0.507 e. The molecule has 0 aromatic heterocycles. The van der Waals surface area contributed by atoms with Gasteiger partial charge in [0, 0.05) is 11.8 Å². The quantitative estimate of drug-likeness (QED) is 0.797. The van der Waals surface area contributed by atoms with E-state index in [-0.39, 0.29) is 11.3 Å². The highest BCUT2D eigenvalue weighted by molar-refractivity contribution is 6.31. The maximum atomic E-state index is 13.1. The number of carbonyl (C=O) groups is 1. The van der Waals surface area contributed by atoms with Crippen molar-refractivity contribution in [2.75, 3.05) is 5.32 Å². The zero-order chi connectivity index (χ0) is 16.5. The van der Waals surface area contributed by atoms with Gasteiger partial charge in [0.2, 0.25) is 0 Å². The molecule has 0 aliphatic rings. The summed E-state index contributed by atoms with van der Waals surface area (Å²) >= 11 is 5.50. The van der Waals surface area contributed by atoms with Crippen LogP contribution in [0.2, 0.25) is 5.02 Å². The van der Waals surface area contributed by atoms with Crippen molar-refractivity contribution < 1.29 is 27.5 Å². The Morgan fingerprint density at radius 3 is 2.50 bits per heavy atom. The average molecular weight is 334 g/mol. The third-order valence-corrected chi connectivity index (χ3v) is 3.02. The van der Waals surface area contributed by atoms with Crippen LogP contribution in [0, 0.1) is 5.82 Å². The summed E-state index contributed by atoms with van der Waals surface area (Å²) in [5.74, 6) is -2.51. The molecule has 116 valence electrons. The molecule has 2 aromatic carbocycles.